The summed E-state index contributed by atoms with van der Waals surface area (Å²) in [7, 11) is -0.693. The third kappa shape index (κ3) is 5.34. The summed E-state index contributed by atoms with van der Waals surface area (Å²) >= 11 is 0. The molecule has 0 aromatic heterocycles. The fourth-order valence-corrected chi connectivity index (χ4v) is 4.58. The maximum Gasteiger partial charge on any atom is 0.267 e. The molecule has 188 valence electrons. The maximum absolute atomic E-state index is 12.7. The van der Waals surface area contributed by atoms with E-state index in [0.29, 0.717) is 35.8 Å². The predicted molar refractivity (Wildman–Crippen MR) is 136 cm³/mol. The molecule has 9 nitrogen and oxygen atoms in total. The SMILES string of the molecule is CC1Oc2cc(NC(=O)c3ccc(S(=O)(=O)N(C)C)cc3)ccc2N(CCOc2ccccc2)C1=O. The Hall–Kier alpha value is -3.89. The zero-order valence-electron chi connectivity index (χ0n) is 20.2. The number of amides is 2. The van der Waals surface area contributed by atoms with Crippen LogP contribution in [0.15, 0.2) is 77.7 Å². The van der Waals surface area contributed by atoms with Crippen molar-refractivity contribution in [3.63, 3.8) is 0 Å². The van der Waals surface area contributed by atoms with E-state index in [-0.39, 0.29) is 10.8 Å². The molecule has 10 heteroatoms. The molecule has 0 saturated carbocycles. The highest BCUT2D eigenvalue weighted by Gasteiger charge is 2.31. The molecule has 0 fully saturated rings. The van der Waals surface area contributed by atoms with Gasteiger partial charge in [0.2, 0.25) is 10.0 Å². The van der Waals surface area contributed by atoms with E-state index in [4.69, 9.17) is 9.47 Å². The van der Waals surface area contributed by atoms with E-state index >= 15 is 0 Å². The standard InChI is InChI=1S/C26H27N3O6S/c1-18-26(31)29(15-16-34-21-7-5-4-6-8-21)23-14-11-20(17-24(23)35-18)27-25(30)19-9-12-22(13-10-19)36(32,33)28(2)3/h4-14,17-18H,15-16H2,1-3H3,(H,27,30). The van der Waals surface area contributed by atoms with Gasteiger partial charge in [-0.15, -0.1) is 0 Å². The second kappa shape index (κ2) is 10.4. The molecule has 36 heavy (non-hydrogen) atoms. The second-order valence-corrected chi connectivity index (χ2v) is 10.5. The molecular weight excluding hydrogens is 482 g/mol. The smallest absolute Gasteiger partial charge is 0.267 e. The van der Waals surface area contributed by atoms with Gasteiger partial charge in [-0.25, -0.2) is 12.7 Å². The van der Waals surface area contributed by atoms with Gasteiger partial charge in [-0.1, -0.05) is 18.2 Å². The zero-order chi connectivity index (χ0) is 25.9. The summed E-state index contributed by atoms with van der Waals surface area (Å²) in [4.78, 5) is 27.2. The monoisotopic (exact) mass is 509 g/mol. The Labute approximate surface area is 210 Å². The molecule has 0 radical (unpaired) electrons. The first-order chi connectivity index (χ1) is 17.2. The lowest BCUT2D eigenvalue weighted by molar-refractivity contribution is -0.125. The molecule has 1 N–H and O–H groups in total. The van der Waals surface area contributed by atoms with Crippen molar-refractivity contribution in [2.45, 2.75) is 17.9 Å². The zero-order valence-corrected chi connectivity index (χ0v) is 21.0. The summed E-state index contributed by atoms with van der Waals surface area (Å²) in [5.41, 5.74) is 1.37. The minimum absolute atomic E-state index is 0.0984. The highest BCUT2D eigenvalue weighted by molar-refractivity contribution is 7.89. The summed E-state index contributed by atoms with van der Waals surface area (Å²) in [6, 6.07) is 20.1. The minimum atomic E-state index is -3.58. The van der Waals surface area contributed by atoms with Crippen molar-refractivity contribution in [1.29, 1.82) is 0 Å². The molecule has 1 atom stereocenters. The van der Waals surface area contributed by atoms with Gasteiger partial charge in [0.15, 0.2) is 6.10 Å². The lowest BCUT2D eigenvalue weighted by Gasteiger charge is -2.33. The Morgan fingerprint density at radius 3 is 2.42 bits per heavy atom. The first kappa shape index (κ1) is 25.2. The van der Waals surface area contributed by atoms with Crippen molar-refractivity contribution in [2.75, 3.05) is 37.5 Å². The summed E-state index contributed by atoms with van der Waals surface area (Å²) < 4.78 is 37.1. The summed E-state index contributed by atoms with van der Waals surface area (Å²) in [5, 5.41) is 2.79. The Morgan fingerprint density at radius 2 is 1.75 bits per heavy atom. The lowest BCUT2D eigenvalue weighted by atomic mass is 10.1. The van der Waals surface area contributed by atoms with E-state index in [1.165, 1.54) is 38.4 Å². The van der Waals surface area contributed by atoms with Crippen molar-refractivity contribution in [1.82, 2.24) is 4.31 Å². The van der Waals surface area contributed by atoms with Gasteiger partial charge in [0.05, 0.1) is 17.1 Å². The number of benzene rings is 3. The van der Waals surface area contributed by atoms with Gasteiger partial charge in [0.1, 0.15) is 18.1 Å². The van der Waals surface area contributed by atoms with E-state index in [1.54, 1.807) is 30.0 Å². The van der Waals surface area contributed by atoms with Gasteiger partial charge in [-0.3, -0.25) is 9.59 Å². The fourth-order valence-electron chi connectivity index (χ4n) is 3.68. The van der Waals surface area contributed by atoms with E-state index in [9.17, 15) is 18.0 Å². The predicted octanol–water partition coefficient (Wildman–Crippen LogP) is 3.38. The van der Waals surface area contributed by atoms with Gasteiger partial charge in [-0.2, -0.15) is 0 Å². The number of hydrogen-bond donors (Lipinski definition) is 1. The first-order valence-electron chi connectivity index (χ1n) is 11.3. The third-order valence-corrected chi connectivity index (χ3v) is 7.48. The molecule has 0 aliphatic carbocycles. The Bertz CT molecular complexity index is 1360. The average molecular weight is 510 g/mol. The lowest BCUT2D eigenvalue weighted by Crippen LogP contribution is -2.46. The van der Waals surface area contributed by atoms with E-state index in [0.717, 1.165) is 10.1 Å². The topological polar surface area (TPSA) is 105 Å². The number of carbonyl (C=O) groups excluding carboxylic acids is 2. The molecule has 3 aromatic carbocycles. The van der Waals surface area contributed by atoms with Gasteiger partial charge in [0, 0.05) is 31.4 Å². The van der Waals surface area contributed by atoms with E-state index < -0.39 is 22.0 Å². The van der Waals surface area contributed by atoms with Crippen LogP contribution in [0.5, 0.6) is 11.5 Å². The summed E-state index contributed by atoms with van der Waals surface area (Å²) in [6.07, 6.45) is -0.689. The molecule has 0 bridgehead atoms. The Morgan fingerprint density at radius 1 is 1.06 bits per heavy atom. The van der Waals surface area contributed by atoms with Crippen LogP contribution in [0.25, 0.3) is 0 Å². The fraction of sp³-hybridized carbons (Fsp3) is 0.231. The summed E-state index contributed by atoms with van der Waals surface area (Å²) in [6.45, 7) is 2.31. The molecule has 0 saturated heterocycles. The first-order valence-corrected chi connectivity index (χ1v) is 12.7. The Kier molecular flexibility index (Phi) is 7.27. The third-order valence-electron chi connectivity index (χ3n) is 5.65. The maximum atomic E-state index is 12.7. The molecule has 1 unspecified atom stereocenters. The van der Waals surface area contributed by atoms with Gasteiger partial charge < -0.3 is 19.7 Å². The number of para-hydroxylation sites is 1. The van der Waals surface area contributed by atoms with Gasteiger partial charge in [0.25, 0.3) is 11.8 Å². The van der Waals surface area contributed by atoms with E-state index in [1.807, 2.05) is 30.3 Å². The van der Waals surface area contributed by atoms with Crippen molar-refractivity contribution in [3.8, 4) is 11.5 Å². The number of fused-ring (bicyclic) bond motifs is 1. The van der Waals surface area contributed by atoms with E-state index in [2.05, 4.69) is 5.32 Å². The molecule has 1 heterocycles. The van der Waals surface area contributed by atoms with Crippen LogP contribution in [0, 0.1) is 0 Å². The number of rotatable bonds is 8. The quantitative estimate of drug-likeness (QED) is 0.499. The molecule has 2 amide bonds. The van der Waals surface area contributed by atoms with Crippen molar-refractivity contribution in [2.24, 2.45) is 0 Å². The van der Waals surface area contributed by atoms with Crippen LogP contribution in [0.4, 0.5) is 11.4 Å². The number of nitrogens with one attached hydrogen (secondary N) is 1. The van der Waals surface area contributed by atoms with Crippen LogP contribution in [0.3, 0.4) is 0 Å². The van der Waals surface area contributed by atoms with Crippen LogP contribution in [0.1, 0.15) is 17.3 Å². The van der Waals surface area contributed by atoms with Crippen molar-refractivity contribution >= 4 is 33.2 Å². The number of carbonyl (C=O) groups is 2. The van der Waals surface area contributed by atoms with Crippen LogP contribution in [-0.4, -0.2) is 57.9 Å². The normalized spacial score (nSPS) is 15.3. The number of nitrogens with zero attached hydrogens (tertiary/aromatic N) is 2. The van der Waals surface area contributed by atoms with Crippen molar-refractivity contribution in [3.05, 3.63) is 78.4 Å². The highest BCUT2D eigenvalue weighted by Crippen LogP contribution is 2.36. The number of ether oxygens (including phenoxy) is 2. The number of sulfonamides is 1. The molecular formula is C26H27N3O6S. The second-order valence-electron chi connectivity index (χ2n) is 8.36. The molecule has 0 spiro atoms. The minimum Gasteiger partial charge on any atom is -0.492 e. The molecule has 4 rings (SSSR count). The molecule has 1 aliphatic rings. The van der Waals surface area contributed by atoms with Crippen molar-refractivity contribution < 1.29 is 27.5 Å². The van der Waals surface area contributed by atoms with Crippen LogP contribution in [0.2, 0.25) is 0 Å². The Balaban J connectivity index is 1.46. The number of anilines is 2. The van der Waals surface area contributed by atoms with Crippen LogP contribution in [-0.2, 0) is 14.8 Å². The van der Waals surface area contributed by atoms with Crippen LogP contribution < -0.4 is 19.7 Å². The summed E-state index contributed by atoms with van der Waals surface area (Å²) in [5.74, 6) is 0.601. The average Bonchev–Trinajstić information content (AvgIpc) is 2.87. The highest BCUT2D eigenvalue weighted by atomic mass is 32.2. The van der Waals surface area contributed by atoms with Crippen LogP contribution >= 0.6 is 0 Å². The molecule has 3 aromatic rings. The largest absolute Gasteiger partial charge is 0.492 e. The molecule has 1 aliphatic heterocycles. The van der Waals surface area contributed by atoms with Gasteiger partial charge in [-0.05, 0) is 55.5 Å². The van der Waals surface area contributed by atoms with Gasteiger partial charge >= 0.3 is 0 Å². The number of hydrogen-bond acceptors (Lipinski definition) is 6.